The number of hydrogen-bond donors (Lipinski definition) is 0. The van der Waals surface area contributed by atoms with Gasteiger partial charge in [-0.05, 0) is 104 Å². The van der Waals surface area contributed by atoms with Crippen LogP contribution in [-0.2, 0) is 0 Å². The maximum Gasteiger partial charge on any atom is 0.143 e. The van der Waals surface area contributed by atoms with Crippen LogP contribution >= 0.6 is 11.3 Å². The summed E-state index contributed by atoms with van der Waals surface area (Å²) in [6.45, 7) is 0. The molecule has 0 spiro atoms. The van der Waals surface area contributed by atoms with Gasteiger partial charge in [0.1, 0.15) is 11.2 Å². The molecule has 12 aromatic rings. The summed E-state index contributed by atoms with van der Waals surface area (Å²) in [6.07, 6.45) is 0. The molecule has 0 saturated heterocycles. The molecule has 0 amide bonds. The Bertz CT molecular complexity index is 3610. The van der Waals surface area contributed by atoms with E-state index in [4.69, 9.17) is 4.42 Å². The summed E-state index contributed by atoms with van der Waals surface area (Å²) in [5, 5.41) is 7.37. The third-order valence-electron chi connectivity index (χ3n) is 12.1. The quantitative estimate of drug-likeness (QED) is 0.160. The first-order valence-corrected chi connectivity index (χ1v) is 21.6. The van der Waals surface area contributed by atoms with Crippen LogP contribution in [0.1, 0.15) is 0 Å². The number of benzene rings is 10. The molecule has 0 unspecified atom stereocenters. The fourth-order valence-corrected chi connectivity index (χ4v) is 10.4. The molecule has 0 saturated carbocycles. The molecule has 0 bridgehead atoms. The second kappa shape index (κ2) is 14.5. The molecular weight excluding hydrogens is 759 g/mol. The smallest absolute Gasteiger partial charge is 0.143 e. The van der Waals surface area contributed by atoms with Crippen LogP contribution in [0, 0.1) is 0 Å². The van der Waals surface area contributed by atoms with Crippen molar-refractivity contribution in [3.8, 4) is 44.5 Å². The number of nitrogens with zero attached hydrogens (tertiary/aromatic N) is 1. The minimum Gasteiger partial charge on any atom is -0.455 e. The molecular formula is C58H37NOS. The highest BCUT2D eigenvalue weighted by Crippen LogP contribution is 2.44. The van der Waals surface area contributed by atoms with Gasteiger partial charge in [0, 0.05) is 53.6 Å². The average molecular weight is 796 g/mol. The zero-order valence-electron chi connectivity index (χ0n) is 33.1. The molecule has 2 aromatic heterocycles. The van der Waals surface area contributed by atoms with E-state index in [9.17, 15) is 0 Å². The number of para-hydroxylation sites is 2. The molecule has 12 rings (SSSR count). The first-order chi connectivity index (χ1) is 30.2. The van der Waals surface area contributed by atoms with E-state index >= 15 is 0 Å². The lowest BCUT2D eigenvalue weighted by Gasteiger charge is -2.27. The molecule has 0 atom stereocenters. The highest BCUT2D eigenvalue weighted by Gasteiger charge is 2.18. The fourth-order valence-electron chi connectivity index (χ4n) is 9.17. The number of anilines is 3. The summed E-state index contributed by atoms with van der Waals surface area (Å²) >= 11 is 1.87. The van der Waals surface area contributed by atoms with E-state index in [1.54, 1.807) is 0 Å². The van der Waals surface area contributed by atoms with Gasteiger partial charge >= 0.3 is 0 Å². The Morgan fingerprint density at radius 2 is 0.885 bits per heavy atom. The number of furan rings is 1. The maximum atomic E-state index is 6.53. The highest BCUT2D eigenvalue weighted by atomic mass is 32.1. The van der Waals surface area contributed by atoms with Crippen LogP contribution in [0.3, 0.4) is 0 Å². The standard InChI is InChI=1S/C58H37NOS/c1-2-21-47-38(13-1)14-10-24-48(47)39-31-33-44(34-32-39)59(46-20-9-18-43(37-46)49-25-11-27-53-51-22-3-5-29-55(51)60-57(49)53)45-19-8-16-41(36-45)40-15-7-17-42(35-40)50-26-12-28-54-52-23-4-6-30-56(52)61-58(50)54/h1-37H. The van der Waals surface area contributed by atoms with Crippen molar-refractivity contribution in [3.05, 3.63) is 224 Å². The van der Waals surface area contributed by atoms with Crippen molar-refractivity contribution >= 4 is 81.3 Å². The van der Waals surface area contributed by atoms with Gasteiger partial charge in [-0.3, -0.25) is 0 Å². The Labute approximate surface area is 357 Å². The van der Waals surface area contributed by atoms with Crippen molar-refractivity contribution in [2.45, 2.75) is 0 Å². The second-order valence-electron chi connectivity index (χ2n) is 15.7. The first kappa shape index (κ1) is 35.2. The highest BCUT2D eigenvalue weighted by molar-refractivity contribution is 7.26. The van der Waals surface area contributed by atoms with Gasteiger partial charge in [-0.1, -0.05) is 170 Å². The third kappa shape index (κ3) is 6.09. The zero-order valence-corrected chi connectivity index (χ0v) is 33.9. The van der Waals surface area contributed by atoms with Gasteiger partial charge in [-0.2, -0.15) is 0 Å². The Balaban J connectivity index is 0.984. The third-order valence-corrected chi connectivity index (χ3v) is 13.3. The second-order valence-corrected chi connectivity index (χ2v) is 16.7. The largest absolute Gasteiger partial charge is 0.455 e. The van der Waals surface area contributed by atoms with Crippen molar-refractivity contribution < 1.29 is 4.42 Å². The maximum absolute atomic E-state index is 6.53. The average Bonchev–Trinajstić information content (AvgIpc) is 3.91. The summed E-state index contributed by atoms with van der Waals surface area (Å²) < 4.78 is 9.17. The fraction of sp³-hybridized carbons (Fsp3) is 0. The van der Waals surface area contributed by atoms with Gasteiger partial charge < -0.3 is 9.32 Å². The Hall–Kier alpha value is -7.72. The number of thiophene rings is 1. The number of rotatable bonds is 7. The SMILES string of the molecule is c1cc(-c2cccc(N(c3ccc(-c4cccc5ccccc45)cc3)c3cccc(-c4cccc5c4oc4ccccc45)c3)c2)cc(-c2cccc3c2sc2ccccc23)c1. The molecule has 0 aliphatic carbocycles. The lowest BCUT2D eigenvalue weighted by Crippen LogP contribution is -2.10. The normalized spacial score (nSPS) is 11.6. The van der Waals surface area contributed by atoms with Gasteiger partial charge in [-0.15, -0.1) is 11.3 Å². The molecule has 0 N–H and O–H groups in total. The molecule has 0 aliphatic rings. The van der Waals surface area contributed by atoms with Crippen molar-refractivity contribution in [1.82, 2.24) is 0 Å². The lowest BCUT2D eigenvalue weighted by molar-refractivity contribution is 0.670. The molecule has 61 heavy (non-hydrogen) atoms. The van der Waals surface area contributed by atoms with Crippen LogP contribution in [0.5, 0.6) is 0 Å². The van der Waals surface area contributed by atoms with Gasteiger partial charge in [0.15, 0.2) is 0 Å². The van der Waals surface area contributed by atoms with E-state index in [1.807, 2.05) is 23.5 Å². The summed E-state index contributed by atoms with van der Waals surface area (Å²) in [5.74, 6) is 0. The zero-order chi connectivity index (χ0) is 40.3. The predicted octanol–water partition coefficient (Wildman–Crippen LogP) is 17.2. The summed E-state index contributed by atoms with van der Waals surface area (Å²) in [6, 6.07) is 81.1. The predicted molar refractivity (Wildman–Crippen MR) is 261 cm³/mol. The first-order valence-electron chi connectivity index (χ1n) is 20.7. The summed E-state index contributed by atoms with van der Waals surface area (Å²) in [5.41, 5.74) is 14.4. The van der Waals surface area contributed by atoms with Crippen LogP contribution < -0.4 is 4.90 Å². The topological polar surface area (TPSA) is 16.4 Å². The Morgan fingerprint density at radius 3 is 1.72 bits per heavy atom. The minimum atomic E-state index is 0.899. The van der Waals surface area contributed by atoms with Gasteiger partial charge in [0.25, 0.3) is 0 Å². The van der Waals surface area contributed by atoms with Crippen molar-refractivity contribution in [3.63, 3.8) is 0 Å². The van der Waals surface area contributed by atoms with Crippen LogP contribution in [0.2, 0.25) is 0 Å². The van der Waals surface area contributed by atoms with E-state index in [0.717, 1.165) is 55.7 Å². The molecule has 0 radical (unpaired) electrons. The van der Waals surface area contributed by atoms with E-state index in [2.05, 4.69) is 217 Å². The van der Waals surface area contributed by atoms with Gasteiger partial charge in [0.05, 0.1) is 0 Å². The van der Waals surface area contributed by atoms with Crippen LogP contribution in [-0.4, -0.2) is 0 Å². The van der Waals surface area contributed by atoms with Crippen LogP contribution in [0.4, 0.5) is 17.1 Å². The van der Waals surface area contributed by atoms with Crippen molar-refractivity contribution in [2.75, 3.05) is 4.90 Å². The van der Waals surface area contributed by atoms with Crippen molar-refractivity contribution in [1.29, 1.82) is 0 Å². The van der Waals surface area contributed by atoms with Gasteiger partial charge in [0.2, 0.25) is 0 Å². The lowest BCUT2D eigenvalue weighted by atomic mass is 9.97. The Kier molecular flexibility index (Phi) is 8.39. The molecule has 286 valence electrons. The molecule has 0 fully saturated rings. The molecule has 10 aromatic carbocycles. The monoisotopic (exact) mass is 795 g/mol. The summed E-state index contributed by atoms with van der Waals surface area (Å²) in [7, 11) is 0. The molecule has 3 heteroatoms. The molecule has 2 nitrogen and oxygen atoms in total. The number of fused-ring (bicyclic) bond motifs is 7. The summed E-state index contributed by atoms with van der Waals surface area (Å²) in [4.78, 5) is 2.38. The number of hydrogen-bond acceptors (Lipinski definition) is 3. The van der Waals surface area contributed by atoms with E-state index in [-0.39, 0.29) is 0 Å². The van der Waals surface area contributed by atoms with Crippen LogP contribution in [0.15, 0.2) is 229 Å². The molecule has 2 heterocycles. The molecule has 0 aliphatic heterocycles. The van der Waals surface area contributed by atoms with E-state index < -0.39 is 0 Å². The van der Waals surface area contributed by atoms with Crippen molar-refractivity contribution in [2.24, 2.45) is 0 Å². The van der Waals surface area contributed by atoms with Crippen LogP contribution in [0.25, 0.3) is 97.4 Å². The minimum absolute atomic E-state index is 0.899. The van der Waals surface area contributed by atoms with E-state index in [1.165, 1.54) is 58.8 Å². The van der Waals surface area contributed by atoms with Gasteiger partial charge in [-0.25, -0.2) is 0 Å². The van der Waals surface area contributed by atoms with E-state index in [0.29, 0.717) is 0 Å². The Morgan fingerprint density at radius 1 is 0.328 bits per heavy atom.